The van der Waals surface area contributed by atoms with E-state index in [9.17, 15) is 8.42 Å². The molecule has 0 unspecified atom stereocenters. The Balaban J connectivity index is 2.65. The van der Waals surface area contributed by atoms with E-state index in [1.54, 1.807) is 19.1 Å². The molecule has 0 saturated carbocycles. The van der Waals surface area contributed by atoms with Crippen molar-refractivity contribution in [3.05, 3.63) is 29.3 Å². The fourth-order valence-corrected chi connectivity index (χ4v) is 2.94. The molecule has 0 atom stereocenters. The van der Waals surface area contributed by atoms with E-state index in [4.69, 9.17) is 0 Å². The fraction of sp³-hybridized carbons (Fsp3) is 0.364. The SMILES string of the molecule is CCS(=O)(=O)c1cccc2c1CN=C2C. The molecule has 1 aromatic rings. The Morgan fingerprint density at radius 1 is 1.40 bits per heavy atom. The van der Waals surface area contributed by atoms with Gasteiger partial charge in [0, 0.05) is 16.8 Å². The molecule has 0 spiro atoms. The third-order valence-electron chi connectivity index (χ3n) is 2.71. The lowest BCUT2D eigenvalue weighted by Gasteiger charge is -2.07. The molecule has 2 rings (SSSR count). The van der Waals surface area contributed by atoms with Crippen LogP contribution in [-0.4, -0.2) is 19.9 Å². The normalized spacial score (nSPS) is 14.9. The van der Waals surface area contributed by atoms with Crippen molar-refractivity contribution in [2.45, 2.75) is 25.3 Å². The average Bonchev–Trinajstić information content (AvgIpc) is 2.60. The molecule has 0 bridgehead atoms. The Kier molecular flexibility index (Phi) is 2.38. The number of benzene rings is 1. The van der Waals surface area contributed by atoms with Gasteiger partial charge in [0.1, 0.15) is 0 Å². The van der Waals surface area contributed by atoms with Gasteiger partial charge in [0.2, 0.25) is 0 Å². The average molecular weight is 223 g/mol. The quantitative estimate of drug-likeness (QED) is 0.767. The Bertz CT molecular complexity index is 530. The second kappa shape index (κ2) is 3.45. The summed E-state index contributed by atoms with van der Waals surface area (Å²) in [7, 11) is -3.12. The van der Waals surface area contributed by atoms with Crippen LogP contribution in [0.4, 0.5) is 0 Å². The van der Waals surface area contributed by atoms with Crippen LogP contribution in [0.25, 0.3) is 0 Å². The van der Waals surface area contributed by atoms with Crippen LogP contribution in [0.15, 0.2) is 28.1 Å². The van der Waals surface area contributed by atoms with Crippen molar-refractivity contribution in [1.82, 2.24) is 0 Å². The summed E-state index contributed by atoms with van der Waals surface area (Å²) in [5, 5.41) is 0. The molecule has 0 amide bonds. The van der Waals surface area contributed by atoms with Crippen molar-refractivity contribution in [3.63, 3.8) is 0 Å². The molecular formula is C11H13NO2S. The smallest absolute Gasteiger partial charge is 0.178 e. The second-order valence-electron chi connectivity index (χ2n) is 3.59. The highest BCUT2D eigenvalue weighted by Crippen LogP contribution is 2.26. The van der Waals surface area contributed by atoms with Crippen molar-refractivity contribution in [2.75, 3.05) is 5.75 Å². The third-order valence-corrected chi connectivity index (χ3v) is 4.52. The van der Waals surface area contributed by atoms with Gasteiger partial charge >= 0.3 is 0 Å². The summed E-state index contributed by atoms with van der Waals surface area (Å²) >= 11 is 0. The summed E-state index contributed by atoms with van der Waals surface area (Å²) in [6.45, 7) is 4.07. The fourth-order valence-electron chi connectivity index (χ4n) is 1.80. The van der Waals surface area contributed by atoms with Gasteiger partial charge in [-0.1, -0.05) is 19.1 Å². The van der Waals surface area contributed by atoms with Gasteiger partial charge in [0.05, 0.1) is 17.2 Å². The maximum absolute atomic E-state index is 11.8. The Labute approximate surface area is 89.8 Å². The summed E-state index contributed by atoms with van der Waals surface area (Å²) < 4.78 is 23.6. The minimum absolute atomic E-state index is 0.141. The molecule has 1 aromatic carbocycles. The maximum Gasteiger partial charge on any atom is 0.178 e. The molecular weight excluding hydrogens is 210 g/mol. The molecule has 1 heterocycles. The zero-order chi connectivity index (χ0) is 11.1. The Morgan fingerprint density at radius 2 is 2.13 bits per heavy atom. The minimum Gasteiger partial charge on any atom is -0.285 e. The molecule has 0 N–H and O–H groups in total. The molecule has 0 fully saturated rings. The molecule has 15 heavy (non-hydrogen) atoms. The molecule has 1 aliphatic heterocycles. The first-order chi connectivity index (χ1) is 7.06. The van der Waals surface area contributed by atoms with E-state index in [1.165, 1.54) is 0 Å². The highest BCUT2D eigenvalue weighted by molar-refractivity contribution is 7.91. The lowest BCUT2D eigenvalue weighted by Crippen LogP contribution is -2.08. The van der Waals surface area contributed by atoms with Crippen LogP contribution >= 0.6 is 0 Å². The molecule has 1 aliphatic rings. The van der Waals surface area contributed by atoms with Gasteiger partial charge in [-0.25, -0.2) is 8.42 Å². The number of fused-ring (bicyclic) bond motifs is 1. The van der Waals surface area contributed by atoms with E-state index < -0.39 is 9.84 Å². The van der Waals surface area contributed by atoms with E-state index in [1.807, 2.05) is 13.0 Å². The van der Waals surface area contributed by atoms with Crippen molar-refractivity contribution >= 4 is 15.5 Å². The van der Waals surface area contributed by atoms with E-state index in [-0.39, 0.29) is 5.75 Å². The first-order valence-electron chi connectivity index (χ1n) is 4.92. The van der Waals surface area contributed by atoms with E-state index >= 15 is 0 Å². The monoisotopic (exact) mass is 223 g/mol. The largest absolute Gasteiger partial charge is 0.285 e. The van der Waals surface area contributed by atoms with Gasteiger partial charge in [-0.05, 0) is 13.0 Å². The summed E-state index contributed by atoms with van der Waals surface area (Å²) in [6, 6.07) is 5.38. The third kappa shape index (κ3) is 1.59. The van der Waals surface area contributed by atoms with Crippen LogP contribution in [0.1, 0.15) is 25.0 Å². The summed E-state index contributed by atoms with van der Waals surface area (Å²) in [5.41, 5.74) is 2.76. The highest BCUT2D eigenvalue weighted by atomic mass is 32.2. The Hall–Kier alpha value is -1.16. The number of rotatable bonds is 2. The summed E-state index contributed by atoms with van der Waals surface area (Å²) in [5.74, 6) is 0.141. The van der Waals surface area contributed by atoms with E-state index in [0.29, 0.717) is 11.4 Å². The second-order valence-corrected chi connectivity index (χ2v) is 5.83. The zero-order valence-corrected chi connectivity index (χ0v) is 9.63. The van der Waals surface area contributed by atoms with Gasteiger partial charge in [-0.15, -0.1) is 0 Å². The number of nitrogens with zero attached hydrogens (tertiary/aromatic N) is 1. The van der Waals surface area contributed by atoms with Crippen molar-refractivity contribution < 1.29 is 8.42 Å². The van der Waals surface area contributed by atoms with E-state index in [2.05, 4.69) is 4.99 Å². The number of hydrogen-bond donors (Lipinski definition) is 0. The number of hydrogen-bond acceptors (Lipinski definition) is 3. The van der Waals surface area contributed by atoms with Crippen LogP contribution in [0, 0.1) is 0 Å². The first-order valence-corrected chi connectivity index (χ1v) is 6.57. The lowest BCUT2D eigenvalue weighted by molar-refractivity contribution is 0.596. The van der Waals surface area contributed by atoms with Gasteiger partial charge in [-0.3, -0.25) is 4.99 Å². The molecule has 0 aromatic heterocycles. The molecule has 4 heteroatoms. The zero-order valence-electron chi connectivity index (χ0n) is 8.82. The highest BCUT2D eigenvalue weighted by Gasteiger charge is 2.22. The standard InChI is InChI=1S/C11H13NO2S/c1-3-15(13,14)11-6-4-5-9-8(2)12-7-10(9)11/h4-6H,3,7H2,1-2H3. The predicted octanol–water partition coefficient (Wildman–Crippen LogP) is 1.80. The maximum atomic E-state index is 11.8. The molecule has 0 aliphatic carbocycles. The van der Waals surface area contributed by atoms with E-state index in [0.717, 1.165) is 16.8 Å². The van der Waals surface area contributed by atoms with Gasteiger partial charge in [0.15, 0.2) is 9.84 Å². The lowest BCUT2D eigenvalue weighted by atomic mass is 10.1. The first kappa shape index (κ1) is 10.4. The van der Waals surface area contributed by atoms with Gasteiger partial charge < -0.3 is 0 Å². The van der Waals surface area contributed by atoms with Gasteiger partial charge in [-0.2, -0.15) is 0 Å². The number of aliphatic imine (C=N–C) groups is 1. The van der Waals surface area contributed by atoms with Crippen molar-refractivity contribution in [3.8, 4) is 0 Å². The summed E-state index contributed by atoms with van der Waals surface area (Å²) in [4.78, 5) is 4.71. The molecule has 3 nitrogen and oxygen atoms in total. The minimum atomic E-state index is -3.12. The molecule has 0 saturated heterocycles. The Morgan fingerprint density at radius 3 is 2.80 bits per heavy atom. The molecule has 80 valence electrons. The van der Waals surface area contributed by atoms with Crippen molar-refractivity contribution in [1.29, 1.82) is 0 Å². The van der Waals surface area contributed by atoms with Crippen LogP contribution in [-0.2, 0) is 16.4 Å². The van der Waals surface area contributed by atoms with Crippen LogP contribution in [0.2, 0.25) is 0 Å². The topological polar surface area (TPSA) is 46.5 Å². The van der Waals surface area contributed by atoms with Crippen LogP contribution in [0.3, 0.4) is 0 Å². The number of sulfone groups is 1. The van der Waals surface area contributed by atoms with Gasteiger partial charge in [0.25, 0.3) is 0 Å². The molecule has 0 radical (unpaired) electrons. The van der Waals surface area contributed by atoms with Crippen molar-refractivity contribution in [2.24, 2.45) is 4.99 Å². The predicted molar refractivity (Wildman–Crippen MR) is 60.1 cm³/mol. The summed E-state index contributed by atoms with van der Waals surface area (Å²) in [6.07, 6.45) is 0. The van der Waals surface area contributed by atoms with Crippen LogP contribution in [0.5, 0.6) is 0 Å². The van der Waals surface area contributed by atoms with Crippen LogP contribution < -0.4 is 0 Å².